The van der Waals surface area contributed by atoms with E-state index in [1.165, 1.54) is 0 Å². The summed E-state index contributed by atoms with van der Waals surface area (Å²) in [5, 5.41) is 5.74. The molecule has 0 saturated carbocycles. The van der Waals surface area contributed by atoms with Crippen molar-refractivity contribution in [2.24, 2.45) is 0 Å². The van der Waals surface area contributed by atoms with Crippen LogP contribution in [0.5, 0.6) is 11.5 Å². The molecule has 2 amide bonds. The van der Waals surface area contributed by atoms with E-state index in [1.807, 2.05) is 62.4 Å². The summed E-state index contributed by atoms with van der Waals surface area (Å²) < 4.78 is 11.0. The Bertz CT molecular complexity index is 740. The first-order chi connectivity index (χ1) is 14.6. The van der Waals surface area contributed by atoms with E-state index in [-0.39, 0.29) is 25.0 Å². The lowest BCUT2D eigenvalue weighted by atomic mass is 10.2. The molecule has 0 aliphatic heterocycles. The standard InChI is InChI=1S/C24H32N2O4/c1-19-11-5-7-13-21(19)29-17-23(27)25-15-9-3-4-10-16-26-24(28)18-30-22-14-8-6-12-20(22)2/h5-8,11-14H,3-4,9-10,15-18H2,1-2H3,(H,25,27)(H,26,28). The number of aryl methyl sites for hydroxylation is 2. The number of unbranched alkanes of at least 4 members (excludes halogenated alkanes) is 3. The molecule has 2 aromatic carbocycles. The Morgan fingerprint density at radius 1 is 0.667 bits per heavy atom. The minimum atomic E-state index is -0.112. The summed E-state index contributed by atoms with van der Waals surface area (Å²) in [4.78, 5) is 23.7. The average molecular weight is 413 g/mol. The number of ether oxygens (including phenoxy) is 2. The molecule has 2 aromatic rings. The van der Waals surface area contributed by atoms with Crippen molar-refractivity contribution in [3.05, 3.63) is 59.7 Å². The molecule has 0 saturated heterocycles. The van der Waals surface area contributed by atoms with Gasteiger partial charge in [0.15, 0.2) is 13.2 Å². The number of hydrogen-bond acceptors (Lipinski definition) is 4. The lowest BCUT2D eigenvalue weighted by Crippen LogP contribution is -2.30. The number of para-hydroxylation sites is 2. The minimum absolute atomic E-state index is 0.0292. The third kappa shape index (κ3) is 8.99. The van der Waals surface area contributed by atoms with Crippen LogP contribution in [0.15, 0.2) is 48.5 Å². The third-order valence-electron chi connectivity index (χ3n) is 4.65. The zero-order chi connectivity index (χ0) is 21.6. The largest absolute Gasteiger partial charge is 0.484 e. The van der Waals surface area contributed by atoms with Crippen LogP contribution in [0.4, 0.5) is 0 Å². The van der Waals surface area contributed by atoms with Crippen molar-refractivity contribution in [2.75, 3.05) is 26.3 Å². The molecule has 30 heavy (non-hydrogen) atoms. The van der Waals surface area contributed by atoms with Crippen LogP contribution in [0.3, 0.4) is 0 Å². The SMILES string of the molecule is Cc1ccccc1OCC(=O)NCCCCCCNC(=O)COc1ccccc1C. The van der Waals surface area contributed by atoms with Gasteiger partial charge in [-0.25, -0.2) is 0 Å². The van der Waals surface area contributed by atoms with E-state index in [2.05, 4.69) is 10.6 Å². The van der Waals surface area contributed by atoms with Gasteiger partial charge in [0.1, 0.15) is 11.5 Å². The highest BCUT2D eigenvalue weighted by molar-refractivity contribution is 5.77. The van der Waals surface area contributed by atoms with E-state index in [9.17, 15) is 9.59 Å². The van der Waals surface area contributed by atoms with Gasteiger partial charge in [0.2, 0.25) is 0 Å². The van der Waals surface area contributed by atoms with Crippen LogP contribution in [0.25, 0.3) is 0 Å². The summed E-state index contributed by atoms with van der Waals surface area (Å²) in [5.41, 5.74) is 2.03. The van der Waals surface area contributed by atoms with Gasteiger partial charge in [-0.1, -0.05) is 49.2 Å². The molecule has 0 aromatic heterocycles. The minimum Gasteiger partial charge on any atom is -0.484 e. The predicted molar refractivity (Wildman–Crippen MR) is 118 cm³/mol. The molecule has 0 spiro atoms. The second-order valence-electron chi connectivity index (χ2n) is 7.22. The molecule has 0 fully saturated rings. The molecule has 2 N–H and O–H groups in total. The number of hydrogen-bond donors (Lipinski definition) is 2. The molecule has 2 rings (SSSR count). The highest BCUT2D eigenvalue weighted by atomic mass is 16.5. The van der Waals surface area contributed by atoms with E-state index >= 15 is 0 Å². The Hall–Kier alpha value is -3.02. The second kappa shape index (κ2) is 13.2. The van der Waals surface area contributed by atoms with E-state index in [0.717, 1.165) is 48.3 Å². The molecule has 0 heterocycles. The lowest BCUT2D eigenvalue weighted by Gasteiger charge is -2.10. The maximum Gasteiger partial charge on any atom is 0.257 e. The zero-order valence-corrected chi connectivity index (χ0v) is 17.9. The van der Waals surface area contributed by atoms with Crippen LogP contribution in [0.1, 0.15) is 36.8 Å². The summed E-state index contributed by atoms with van der Waals surface area (Å²) in [6.45, 7) is 5.22. The van der Waals surface area contributed by atoms with Gasteiger partial charge in [-0.05, 0) is 49.9 Å². The molecule has 6 nitrogen and oxygen atoms in total. The van der Waals surface area contributed by atoms with Gasteiger partial charge >= 0.3 is 0 Å². The van der Waals surface area contributed by atoms with Crippen LogP contribution >= 0.6 is 0 Å². The van der Waals surface area contributed by atoms with Crippen molar-refractivity contribution in [3.63, 3.8) is 0 Å². The second-order valence-corrected chi connectivity index (χ2v) is 7.22. The van der Waals surface area contributed by atoms with Crippen LogP contribution in [-0.4, -0.2) is 38.1 Å². The smallest absolute Gasteiger partial charge is 0.257 e. The molecule has 6 heteroatoms. The average Bonchev–Trinajstić information content (AvgIpc) is 2.74. The van der Waals surface area contributed by atoms with Crippen molar-refractivity contribution in [2.45, 2.75) is 39.5 Å². The maximum atomic E-state index is 11.8. The Balaban J connectivity index is 1.43. The van der Waals surface area contributed by atoms with Crippen molar-refractivity contribution < 1.29 is 19.1 Å². The van der Waals surface area contributed by atoms with Crippen molar-refractivity contribution in [1.82, 2.24) is 10.6 Å². The van der Waals surface area contributed by atoms with Crippen molar-refractivity contribution in [3.8, 4) is 11.5 Å². The van der Waals surface area contributed by atoms with Crippen molar-refractivity contribution in [1.29, 1.82) is 0 Å². The number of benzene rings is 2. The predicted octanol–water partition coefficient (Wildman–Crippen LogP) is 3.55. The molecular weight excluding hydrogens is 380 g/mol. The molecular formula is C24H32N2O4. The lowest BCUT2D eigenvalue weighted by molar-refractivity contribution is -0.123. The Kier molecular flexibility index (Phi) is 10.3. The fourth-order valence-corrected chi connectivity index (χ4v) is 2.88. The van der Waals surface area contributed by atoms with Gasteiger partial charge in [-0.2, -0.15) is 0 Å². The van der Waals surface area contributed by atoms with E-state index in [4.69, 9.17) is 9.47 Å². The van der Waals surface area contributed by atoms with Crippen LogP contribution < -0.4 is 20.1 Å². The van der Waals surface area contributed by atoms with Gasteiger partial charge in [-0.3, -0.25) is 9.59 Å². The van der Waals surface area contributed by atoms with Gasteiger partial charge in [0, 0.05) is 13.1 Å². The normalized spacial score (nSPS) is 10.3. The highest BCUT2D eigenvalue weighted by Crippen LogP contribution is 2.16. The van der Waals surface area contributed by atoms with E-state index < -0.39 is 0 Å². The van der Waals surface area contributed by atoms with Crippen molar-refractivity contribution >= 4 is 11.8 Å². The van der Waals surface area contributed by atoms with Gasteiger partial charge in [0.25, 0.3) is 11.8 Å². The number of nitrogens with one attached hydrogen (secondary N) is 2. The first-order valence-corrected chi connectivity index (χ1v) is 10.5. The van der Waals surface area contributed by atoms with Crippen LogP contribution in [-0.2, 0) is 9.59 Å². The Morgan fingerprint density at radius 2 is 1.07 bits per heavy atom. The molecule has 0 bridgehead atoms. The molecule has 0 aliphatic rings. The molecule has 0 atom stereocenters. The quantitative estimate of drug-likeness (QED) is 0.493. The zero-order valence-electron chi connectivity index (χ0n) is 17.9. The van der Waals surface area contributed by atoms with Gasteiger partial charge in [0.05, 0.1) is 0 Å². The summed E-state index contributed by atoms with van der Waals surface area (Å²) in [5.74, 6) is 1.25. The van der Waals surface area contributed by atoms with E-state index in [0.29, 0.717) is 13.1 Å². The van der Waals surface area contributed by atoms with E-state index in [1.54, 1.807) is 0 Å². The molecule has 0 unspecified atom stereocenters. The topological polar surface area (TPSA) is 76.7 Å². The number of carbonyl (C=O) groups excluding carboxylic acids is 2. The summed E-state index contributed by atoms with van der Waals surface area (Å²) in [6, 6.07) is 15.3. The highest BCUT2D eigenvalue weighted by Gasteiger charge is 2.05. The third-order valence-corrected chi connectivity index (χ3v) is 4.65. The number of carbonyl (C=O) groups is 2. The number of rotatable bonds is 13. The monoisotopic (exact) mass is 412 g/mol. The van der Waals surface area contributed by atoms with Crippen LogP contribution in [0, 0.1) is 13.8 Å². The summed E-state index contributed by atoms with van der Waals surface area (Å²) >= 11 is 0. The molecule has 0 aliphatic carbocycles. The first-order valence-electron chi connectivity index (χ1n) is 10.5. The summed E-state index contributed by atoms with van der Waals surface area (Å²) in [6.07, 6.45) is 3.80. The fraction of sp³-hybridized carbons (Fsp3) is 0.417. The maximum absolute atomic E-state index is 11.8. The van der Waals surface area contributed by atoms with Gasteiger partial charge in [-0.15, -0.1) is 0 Å². The fourth-order valence-electron chi connectivity index (χ4n) is 2.88. The number of amides is 2. The Labute approximate surface area is 179 Å². The first kappa shape index (κ1) is 23.3. The Morgan fingerprint density at radius 3 is 1.47 bits per heavy atom. The summed E-state index contributed by atoms with van der Waals surface area (Å²) in [7, 11) is 0. The molecule has 162 valence electrons. The van der Waals surface area contributed by atoms with Crippen LogP contribution in [0.2, 0.25) is 0 Å². The van der Waals surface area contributed by atoms with Gasteiger partial charge < -0.3 is 20.1 Å². The molecule has 0 radical (unpaired) electrons.